The average molecular weight is 395 g/mol. The first kappa shape index (κ1) is 18.9. The summed E-state index contributed by atoms with van der Waals surface area (Å²) in [7, 11) is 2.07. The summed E-state index contributed by atoms with van der Waals surface area (Å²) in [5.41, 5.74) is 6.55. The van der Waals surface area contributed by atoms with Crippen molar-refractivity contribution in [2.75, 3.05) is 20.2 Å². The Balaban J connectivity index is 1.72. The van der Waals surface area contributed by atoms with Gasteiger partial charge in [-0.15, -0.1) is 0 Å². The van der Waals surface area contributed by atoms with E-state index in [1.54, 1.807) is 0 Å². The molecule has 3 aliphatic rings. The van der Waals surface area contributed by atoms with Gasteiger partial charge < -0.3 is 14.4 Å². The Kier molecular flexibility index (Phi) is 4.56. The summed E-state index contributed by atoms with van der Waals surface area (Å²) in [6.07, 6.45) is 6.53. The fourth-order valence-electron chi connectivity index (χ4n) is 5.72. The Bertz CT molecular complexity index is 997. The molecule has 1 aromatic heterocycles. The van der Waals surface area contributed by atoms with Gasteiger partial charge in [-0.05, 0) is 62.9 Å². The van der Waals surface area contributed by atoms with Crippen molar-refractivity contribution in [3.05, 3.63) is 41.1 Å². The zero-order valence-electron chi connectivity index (χ0n) is 17.5. The predicted octanol–water partition coefficient (Wildman–Crippen LogP) is 3.90. The van der Waals surface area contributed by atoms with Gasteiger partial charge in [-0.3, -0.25) is 9.69 Å². The SMILES string of the molecule is CC(C)n1c(CC2CCCO2)c2c3c(cccc31)C1=C[C@@H](C(=O)O)CN(C)[C@@H]1C2. The van der Waals surface area contributed by atoms with Gasteiger partial charge in [0, 0.05) is 48.3 Å². The van der Waals surface area contributed by atoms with Crippen molar-refractivity contribution in [3.8, 4) is 0 Å². The number of hydrogen-bond acceptors (Lipinski definition) is 3. The van der Waals surface area contributed by atoms with Crippen LogP contribution in [0.4, 0.5) is 0 Å². The lowest BCUT2D eigenvalue weighted by Crippen LogP contribution is -2.44. The van der Waals surface area contributed by atoms with Crippen LogP contribution in [0, 0.1) is 5.92 Å². The van der Waals surface area contributed by atoms with Crippen LogP contribution in [0.1, 0.15) is 49.6 Å². The summed E-state index contributed by atoms with van der Waals surface area (Å²) in [5, 5.41) is 11.0. The molecule has 0 radical (unpaired) electrons. The van der Waals surface area contributed by atoms with Crippen molar-refractivity contribution >= 4 is 22.4 Å². The number of aromatic nitrogens is 1. The van der Waals surface area contributed by atoms with Crippen molar-refractivity contribution in [3.63, 3.8) is 0 Å². The summed E-state index contributed by atoms with van der Waals surface area (Å²) in [6.45, 7) is 5.96. The van der Waals surface area contributed by atoms with Crippen molar-refractivity contribution < 1.29 is 14.6 Å². The van der Waals surface area contributed by atoms with Crippen molar-refractivity contribution in [2.45, 2.75) is 57.7 Å². The van der Waals surface area contributed by atoms with E-state index in [0.717, 1.165) is 32.3 Å². The third-order valence-corrected chi connectivity index (χ3v) is 6.99. The van der Waals surface area contributed by atoms with Gasteiger partial charge in [-0.1, -0.05) is 18.2 Å². The summed E-state index contributed by atoms with van der Waals surface area (Å²) in [6, 6.07) is 7.15. The molecular formula is C24H30N2O3. The molecule has 0 amide bonds. The largest absolute Gasteiger partial charge is 0.481 e. The normalized spacial score (nSPS) is 26.8. The second-order valence-corrected chi connectivity index (χ2v) is 9.15. The first-order valence-corrected chi connectivity index (χ1v) is 10.9. The van der Waals surface area contributed by atoms with Crippen LogP contribution in [0.2, 0.25) is 0 Å². The maximum Gasteiger partial charge on any atom is 0.311 e. The Morgan fingerprint density at radius 2 is 2.17 bits per heavy atom. The Labute approximate surface area is 171 Å². The molecule has 3 heterocycles. The van der Waals surface area contributed by atoms with Gasteiger partial charge in [0.15, 0.2) is 0 Å². The number of benzene rings is 1. The molecule has 5 rings (SSSR count). The van der Waals surface area contributed by atoms with Gasteiger partial charge in [-0.2, -0.15) is 0 Å². The van der Waals surface area contributed by atoms with Gasteiger partial charge in [-0.25, -0.2) is 0 Å². The van der Waals surface area contributed by atoms with Gasteiger partial charge in [0.2, 0.25) is 0 Å². The fourth-order valence-corrected chi connectivity index (χ4v) is 5.72. The second kappa shape index (κ2) is 6.99. The molecule has 1 unspecified atom stereocenters. The summed E-state index contributed by atoms with van der Waals surface area (Å²) >= 11 is 0. The molecule has 0 saturated carbocycles. The molecule has 1 aliphatic carbocycles. The smallest absolute Gasteiger partial charge is 0.311 e. The molecular weight excluding hydrogens is 364 g/mol. The molecule has 1 fully saturated rings. The van der Waals surface area contributed by atoms with Crippen molar-refractivity contribution in [1.29, 1.82) is 0 Å². The van der Waals surface area contributed by atoms with E-state index in [-0.39, 0.29) is 6.04 Å². The first-order chi connectivity index (χ1) is 14.0. The Morgan fingerprint density at radius 3 is 2.86 bits per heavy atom. The Morgan fingerprint density at radius 1 is 1.34 bits per heavy atom. The number of carboxylic acids is 1. The molecule has 2 aliphatic heterocycles. The number of aliphatic carboxylic acids is 1. The quantitative estimate of drug-likeness (QED) is 0.855. The molecule has 5 nitrogen and oxygen atoms in total. The molecule has 3 atom stereocenters. The highest BCUT2D eigenvalue weighted by Crippen LogP contribution is 2.44. The minimum Gasteiger partial charge on any atom is -0.481 e. The topological polar surface area (TPSA) is 54.7 Å². The summed E-state index contributed by atoms with van der Waals surface area (Å²) in [5.74, 6) is -1.18. The second-order valence-electron chi connectivity index (χ2n) is 9.15. The summed E-state index contributed by atoms with van der Waals surface area (Å²) in [4.78, 5) is 13.9. The average Bonchev–Trinajstić information content (AvgIpc) is 3.30. The molecule has 0 spiro atoms. The fraction of sp³-hybridized carbons (Fsp3) is 0.542. The van der Waals surface area contributed by atoms with E-state index in [9.17, 15) is 9.90 Å². The molecule has 29 heavy (non-hydrogen) atoms. The lowest BCUT2D eigenvalue weighted by Gasteiger charge is -2.39. The first-order valence-electron chi connectivity index (χ1n) is 10.9. The van der Waals surface area contributed by atoms with Gasteiger partial charge in [0.25, 0.3) is 0 Å². The number of carboxylic acid groups (broad SMARTS) is 1. The van der Waals surface area contributed by atoms with Crippen molar-refractivity contribution in [2.24, 2.45) is 5.92 Å². The number of hydrogen-bond donors (Lipinski definition) is 1. The number of fused-ring (bicyclic) bond motifs is 2. The van der Waals surface area contributed by atoms with E-state index in [1.165, 1.54) is 33.3 Å². The molecule has 154 valence electrons. The van der Waals surface area contributed by atoms with Crippen LogP contribution < -0.4 is 0 Å². The van der Waals surface area contributed by atoms with E-state index in [0.29, 0.717) is 18.7 Å². The van der Waals surface area contributed by atoms with Crippen LogP contribution in [-0.4, -0.2) is 52.9 Å². The highest BCUT2D eigenvalue weighted by molar-refractivity contribution is 6.00. The predicted molar refractivity (Wildman–Crippen MR) is 114 cm³/mol. The number of carbonyl (C=O) groups is 1. The third kappa shape index (κ3) is 2.94. The van der Waals surface area contributed by atoms with Crippen LogP contribution in [-0.2, 0) is 22.4 Å². The maximum absolute atomic E-state index is 11.7. The van der Waals surface area contributed by atoms with E-state index in [1.807, 2.05) is 6.08 Å². The van der Waals surface area contributed by atoms with Crippen LogP contribution in [0.15, 0.2) is 24.3 Å². The molecule has 2 aromatic rings. The van der Waals surface area contributed by atoms with Gasteiger partial charge >= 0.3 is 5.97 Å². The van der Waals surface area contributed by atoms with Gasteiger partial charge in [0.1, 0.15) is 0 Å². The number of likely N-dealkylation sites (N-methyl/N-ethyl adjacent to an activating group) is 1. The molecule has 0 bridgehead atoms. The lowest BCUT2D eigenvalue weighted by atomic mass is 9.79. The minimum atomic E-state index is -0.736. The van der Waals surface area contributed by atoms with Crippen LogP contribution in [0.25, 0.3) is 16.5 Å². The van der Waals surface area contributed by atoms with Crippen LogP contribution in [0.5, 0.6) is 0 Å². The highest BCUT2D eigenvalue weighted by Gasteiger charge is 2.38. The number of ether oxygens (including phenoxy) is 1. The van der Waals surface area contributed by atoms with E-state index in [2.05, 4.69) is 48.6 Å². The lowest BCUT2D eigenvalue weighted by molar-refractivity contribution is -0.140. The van der Waals surface area contributed by atoms with E-state index >= 15 is 0 Å². The van der Waals surface area contributed by atoms with E-state index in [4.69, 9.17) is 4.74 Å². The highest BCUT2D eigenvalue weighted by atomic mass is 16.5. The molecule has 1 aromatic carbocycles. The molecule has 1 N–H and O–H groups in total. The third-order valence-electron chi connectivity index (χ3n) is 6.99. The standard InChI is InChI=1S/C24H30N2O3/c1-14(2)26-20-8-4-7-17-18-10-15(24(27)28)13-25(3)21(18)12-19(23(17)20)22(26)11-16-6-5-9-29-16/h4,7-8,10,14-16,21H,5-6,9,11-13H2,1-3H3,(H,27,28)/t15-,16?,21-/m1/s1. The Hall–Kier alpha value is -2.11. The number of rotatable bonds is 4. The van der Waals surface area contributed by atoms with Crippen LogP contribution >= 0.6 is 0 Å². The number of nitrogens with zero attached hydrogens (tertiary/aromatic N) is 2. The van der Waals surface area contributed by atoms with Gasteiger partial charge in [0.05, 0.1) is 12.0 Å². The monoisotopic (exact) mass is 394 g/mol. The minimum absolute atomic E-state index is 0.245. The summed E-state index contributed by atoms with van der Waals surface area (Å²) < 4.78 is 8.51. The zero-order valence-corrected chi connectivity index (χ0v) is 17.5. The van der Waals surface area contributed by atoms with Crippen LogP contribution in [0.3, 0.4) is 0 Å². The molecule has 1 saturated heterocycles. The maximum atomic E-state index is 11.7. The van der Waals surface area contributed by atoms with E-state index < -0.39 is 11.9 Å². The van der Waals surface area contributed by atoms with Crippen molar-refractivity contribution in [1.82, 2.24) is 9.47 Å². The molecule has 5 heteroatoms. The zero-order chi connectivity index (χ0) is 20.3.